The summed E-state index contributed by atoms with van der Waals surface area (Å²) in [6.45, 7) is 2.64. The molecule has 1 atom stereocenters. The van der Waals surface area contributed by atoms with Gasteiger partial charge in [0.15, 0.2) is 0 Å². The van der Waals surface area contributed by atoms with Crippen LogP contribution >= 0.6 is 0 Å². The number of benzene rings is 1. The number of carbonyl (C=O) groups is 2. The number of nitrogens with two attached hydrogens (primary N) is 1. The Kier molecular flexibility index (Phi) is 4.77. The summed E-state index contributed by atoms with van der Waals surface area (Å²) in [4.78, 5) is 25.5. The average molecular weight is 274 g/mol. The third kappa shape index (κ3) is 3.38. The highest BCUT2D eigenvalue weighted by Gasteiger charge is 2.37. The number of anilines is 1. The van der Waals surface area contributed by atoms with Gasteiger partial charge in [0.25, 0.3) is 0 Å². The molecule has 0 aliphatic carbocycles. The molecular weight excluding hydrogens is 252 g/mol. The second-order valence-corrected chi connectivity index (χ2v) is 5.42. The van der Waals surface area contributed by atoms with Crippen LogP contribution in [0, 0.1) is 5.92 Å². The molecule has 0 radical (unpaired) electrons. The Labute approximate surface area is 119 Å². The van der Waals surface area contributed by atoms with E-state index in [2.05, 4.69) is 6.92 Å². The average Bonchev–Trinajstić information content (AvgIpc) is 2.71. The van der Waals surface area contributed by atoms with E-state index in [9.17, 15) is 9.59 Å². The number of amides is 2. The summed E-state index contributed by atoms with van der Waals surface area (Å²) in [5, 5.41) is 0. The van der Waals surface area contributed by atoms with Gasteiger partial charge in [-0.2, -0.15) is 0 Å². The SMILES string of the molecule is CCCCN1C(=O)CC(CCc2ccc(N)cc2)C1=O. The molecule has 1 saturated heterocycles. The van der Waals surface area contributed by atoms with E-state index >= 15 is 0 Å². The van der Waals surface area contributed by atoms with Crippen LogP contribution in [0.2, 0.25) is 0 Å². The van der Waals surface area contributed by atoms with Gasteiger partial charge in [-0.05, 0) is 37.0 Å². The van der Waals surface area contributed by atoms with Crippen molar-refractivity contribution in [3.63, 3.8) is 0 Å². The van der Waals surface area contributed by atoms with Crippen LogP contribution < -0.4 is 5.73 Å². The summed E-state index contributed by atoms with van der Waals surface area (Å²) in [6.07, 6.45) is 3.80. The molecule has 1 aromatic carbocycles. The lowest BCUT2D eigenvalue weighted by Crippen LogP contribution is -2.31. The maximum Gasteiger partial charge on any atom is 0.232 e. The van der Waals surface area contributed by atoms with Crippen LogP contribution in [0.1, 0.15) is 38.2 Å². The van der Waals surface area contributed by atoms with Gasteiger partial charge < -0.3 is 5.73 Å². The zero-order chi connectivity index (χ0) is 14.5. The van der Waals surface area contributed by atoms with Crippen molar-refractivity contribution in [1.29, 1.82) is 0 Å². The molecule has 1 aromatic rings. The van der Waals surface area contributed by atoms with Gasteiger partial charge in [-0.3, -0.25) is 14.5 Å². The number of hydrogen-bond acceptors (Lipinski definition) is 3. The minimum Gasteiger partial charge on any atom is -0.399 e. The van der Waals surface area contributed by atoms with Crippen LogP contribution in [0.4, 0.5) is 5.69 Å². The van der Waals surface area contributed by atoms with Gasteiger partial charge in [0.1, 0.15) is 0 Å². The first-order valence-electron chi connectivity index (χ1n) is 7.30. The van der Waals surface area contributed by atoms with Gasteiger partial charge in [-0.1, -0.05) is 25.5 Å². The molecule has 1 aliphatic rings. The molecule has 2 amide bonds. The predicted molar refractivity (Wildman–Crippen MR) is 78.9 cm³/mol. The maximum atomic E-state index is 12.2. The first kappa shape index (κ1) is 14.6. The molecule has 1 heterocycles. The zero-order valence-corrected chi connectivity index (χ0v) is 12.0. The fraction of sp³-hybridized carbons (Fsp3) is 0.500. The molecule has 1 aliphatic heterocycles. The monoisotopic (exact) mass is 274 g/mol. The quantitative estimate of drug-likeness (QED) is 0.640. The molecule has 0 saturated carbocycles. The molecule has 108 valence electrons. The summed E-state index contributed by atoms with van der Waals surface area (Å²) in [6, 6.07) is 7.69. The van der Waals surface area contributed by atoms with Gasteiger partial charge in [0.2, 0.25) is 11.8 Å². The summed E-state index contributed by atoms with van der Waals surface area (Å²) in [5.74, 6) is -0.137. The number of nitrogens with zero attached hydrogens (tertiary/aromatic N) is 1. The summed E-state index contributed by atoms with van der Waals surface area (Å²) < 4.78 is 0. The van der Waals surface area contributed by atoms with E-state index in [-0.39, 0.29) is 17.7 Å². The Morgan fingerprint density at radius 3 is 2.60 bits per heavy atom. The molecule has 0 spiro atoms. The Morgan fingerprint density at radius 2 is 1.95 bits per heavy atom. The topological polar surface area (TPSA) is 63.4 Å². The highest BCUT2D eigenvalue weighted by Crippen LogP contribution is 2.24. The molecule has 0 bridgehead atoms. The van der Waals surface area contributed by atoms with Gasteiger partial charge >= 0.3 is 0 Å². The molecule has 4 nitrogen and oxygen atoms in total. The molecule has 1 unspecified atom stereocenters. The first-order valence-corrected chi connectivity index (χ1v) is 7.30. The normalized spacial score (nSPS) is 18.9. The smallest absolute Gasteiger partial charge is 0.232 e. The van der Waals surface area contributed by atoms with Crippen LogP contribution in [-0.2, 0) is 16.0 Å². The largest absolute Gasteiger partial charge is 0.399 e. The lowest BCUT2D eigenvalue weighted by atomic mass is 9.98. The van der Waals surface area contributed by atoms with Crippen LogP contribution in [-0.4, -0.2) is 23.3 Å². The number of aryl methyl sites for hydroxylation is 1. The van der Waals surface area contributed by atoms with E-state index in [1.165, 1.54) is 4.90 Å². The fourth-order valence-electron chi connectivity index (χ4n) is 2.55. The minimum atomic E-state index is -0.142. The minimum absolute atomic E-state index is 0.00856. The summed E-state index contributed by atoms with van der Waals surface area (Å²) >= 11 is 0. The Hall–Kier alpha value is -1.84. The van der Waals surface area contributed by atoms with E-state index < -0.39 is 0 Å². The van der Waals surface area contributed by atoms with E-state index in [0.29, 0.717) is 13.0 Å². The second-order valence-electron chi connectivity index (χ2n) is 5.42. The lowest BCUT2D eigenvalue weighted by Gasteiger charge is -2.14. The summed E-state index contributed by atoms with van der Waals surface area (Å²) in [5.41, 5.74) is 7.55. The number of hydrogen-bond donors (Lipinski definition) is 1. The highest BCUT2D eigenvalue weighted by molar-refractivity contribution is 6.03. The number of rotatable bonds is 6. The van der Waals surface area contributed by atoms with Gasteiger partial charge in [-0.25, -0.2) is 0 Å². The Bertz CT molecular complexity index is 482. The number of unbranched alkanes of at least 4 members (excludes halogenated alkanes) is 1. The molecule has 2 rings (SSSR count). The van der Waals surface area contributed by atoms with Crippen molar-refractivity contribution in [3.05, 3.63) is 29.8 Å². The molecule has 20 heavy (non-hydrogen) atoms. The van der Waals surface area contributed by atoms with Crippen LogP contribution in [0.15, 0.2) is 24.3 Å². The molecule has 2 N–H and O–H groups in total. The lowest BCUT2D eigenvalue weighted by molar-refractivity contribution is -0.139. The molecule has 4 heteroatoms. The maximum absolute atomic E-state index is 12.2. The van der Waals surface area contributed by atoms with E-state index in [4.69, 9.17) is 5.73 Å². The zero-order valence-electron chi connectivity index (χ0n) is 12.0. The van der Waals surface area contributed by atoms with Crippen molar-refractivity contribution in [2.24, 2.45) is 5.92 Å². The van der Waals surface area contributed by atoms with Crippen molar-refractivity contribution in [3.8, 4) is 0 Å². The van der Waals surface area contributed by atoms with Crippen LogP contribution in [0.3, 0.4) is 0 Å². The van der Waals surface area contributed by atoms with Gasteiger partial charge in [-0.15, -0.1) is 0 Å². The first-order chi connectivity index (χ1) is 9.61. The van der Waals surface area contributed by atoms with Crippen LogP contribution in [0.5, 0.6) is 0 Å². The number of nitrogen functional groups attached to an aromatic ring is 1. The van der Waals surface area contributed by atoms with E-state index in [1.807, 2.05) is 24.3 Å². The third-order valence-electron chi connectivity index (χ3n) is 3.83. The Morgan fingerprint density at radius 1 is 1.25 bits per heavy atom. The van der Waals surface area contributed by atoms with Crippen molar-refractivity contribution in [1.82, 2.24) is 4.90 Å². The van der Waals surface area contributed by atoms with Gasteiger partial charge in [0.05, 0.1) is 0 Å². The second kappa shape index (κ2) is 6.55. The standard InChI is InChI=1S/C16H22N2O2/c1-2-3-10-18-15(19)11-13(16(18)20)7-4-12-5-8-14(17)9-6-12/h5-6,8-9,13H,2-4,7,10-11,17H2,1H3. The van der Waals surface area contributed by atoms with E-state index in [0.717, 1.165) is 36.9 Å². The van der Waals surface area contributed by atoms with Crippen LogP contribution in [0.25, 0.3) is 0 Å². The number of likely N-dealkylation sites (tertiary alicyclic amines) is 1. The van der Waals surface area contributed by atoms with E-state index in [1.54, 1.807) is 0 Å². The predicted octanol–water partition coefficient (Wildman–Crippen LogP) is 2.38. The molecular formula is C16H22N2O2. The summed E-state index contributed by atoms with van der Waals surface area (Å²) in [7, 11) is 0. The van der Waals surface area contributed by atoms with Crippen molar-refractivity contribution >= 4 is 17.5 Å². The van der Waals surface area contributed by atoms with Crippen molar-refractivity contribution < 1.29 is 9.59 Å². The molecule has 1 fully saturated rings. The van der Waals surface area contributed by atoms with Crippen molar-refractivity contribution in [2.45, 2.75) is 39.0 Å². The van der Waals surface area contributed by atoms with Gasteiger partial charge in [0, 0.05) is 24.6 Å². The van der Waals surface area contributed by atoms with Crippen molar-refractivity contribution in [2.75, 3.05) is 12.3 Å². The fourth-order valence-corrected chi connectivity index (χ4v) is 2.55. The number of imide groups is 1. The molecule has 0 aromatic heterocycles. The Balaban J connectivity index is 1.89. The third-order valence-corrected chi connectivity index (χ3v) is 3.83. The number of carbonyl (C=O) groups excluding carboxylic acids is 2. The highest BCUT2D eigenvalue weighted by atomic mass is 16.2.